The van der Waals surface area contributed by atoms with Gasteiger partial charge in [0.15, 0.2) is 0 Å². The van der Waals surface area contributed by atoms with E-state index < -0.39 is 0 Å². The van der Waals surface area contributed by atoms with Crippen LogP contribution in [0.3, 0.4) is 0 Å². The summed E-state index contributed by atoms with van der Waals surface area (Å²) >= 11 is 0. The fraction of sp³-hybridized carbons (Fsp3) is 0.533. The van der Waals surface area contributed by atoms with Crippen LogP contribution < -0.4 is 5.32 Å². The lowest BCUT2D eigenvalue weighted by Gasteiger charge is -2.32. The topological polar surface area (TPSA) is 32.3 Å². The van der Waals surface area contributed by atoms with Crippen LogP contribution in [0.25, 0.3) is 0 Å². The third-order valence-corrected chi connectivity index (χ3v) is 3.69. The first-order chi connectivity index (χ1) is 9.17. The standard InChI is InChI=1S/C15H21FN2O/c1-3-5-13(4-2)18-14(19)10-17-15(18)11-6-8-12(16)9-7-11/h6-9,13,15,17H,3-5,10H2,1-2H3. The zero-order valence-corrected chi connectivity index (χ0v) is 11.5. The van der Waals surface area contributed by atoms with Crippen molar-refractivity contribution in [1.82, 2.24) is 10.2 Å². The van der Waals surface area contributed by atoms with E-state index in [0.717, 1.165) is 24.8 Å². The number of rotatable bonds is 5. The molecule has 3 nitrogen and oxygen atoms in total. The van der Waals surface area contributed by atoms with Gasteiger partial charge < -0.3 is 4.90 Å². The number of carbonyl (C=O) groups is 1. The molecule has 1 aliphatic heterocycles. The van der Waals surface area contributed by atoms with Gasteiger partial charge in [-0.05, 0) is 30.5 Å². The Hall–Kier alpha value is -1.42. The van der Waals surface area contributed by atoms with E-state index in [4.69, 9.17) is 0 Å². The quantitative estimate of drug-likeness (QED) is 0.887. The van der Waals surface area contributed by atoms with Gasteiger partial charge in [0.25, 0.3) is 0 Å². The van der Waals surface area contributed by atoms with E-state index in [1.165, 1.54) is 12.1 Å². The second-order valence-corrected chi connectivity index (χ2v) is 4.99. The summed E-state index contributed by atoms with van der Waals surface area (Å²) in [5.74, 6) is -0.116. The van der Waals surface area contributed by atoms with E-state index in [0.29, 0.717) is 6.54 Å². The molecule has 2 unspecified atom stereocenters. The largest absolute Gasteiger partial charge is 0.319 e. The zero-order chi connectivity index (χ0) is 13.8. The van der Waals surface area contributed by atoms with Crippen LogP contribution in [0.4, 0.5) is 4.39 Å². The van der Waals surface area contributed by atoms with Gasteiger partial charge in [-0.2, -0.15) is 0 Å². The number of nitrogens with one attached hydrogen (secondary N) is 1. The lowest BCUT2D eigenvalue weighted by Crippen LogP contribution is -2.39. The Kier molecular flexibility index (Phi) is 4.53. The maximum atomic E-state index is 13.0. The summed E-state index contributed by atoms with van der Waals surface area (Å²) in [6.45, 7) is 4.60. The Bertz CT molecular complexity index is 432. The van der Waals surface area contributed by atoms with E-state index in [1.807, 2.05) is 4.90 Å². The molecule has 4 heteroatoms. The summed E-state index contributed by atoms with van der Waals surface area (Å²) in [6.07, 6.45) is 2.88. The number of hydrogen-bond acceptors (Lipinski definition) is 2. The molecule has 1 saturated heterocycles. The molecular formula is C15H21FN2O. The van der Waals surface area contributed by atoms with E-state index in [1.54, 1.807) is 12.1 Å². The van der Waals surface area contributed by atoms with Gasteiger partial charge in [0, 0.05) is 6.04 Å². The van der Waals surface area contributed by atoms with Gasteiger partial charge in [0.2, 0.25) is 5.91 Å². The van der Waals surface area contributed by atoms with Crippen molar-refractivity contribution in [3.63, 3.8) is 0 Å². The maximum absolute atomic E-state index is 13.0. The number of nitrogens with zero attached hydrogens (tertiary/aromatic N) is 1. The molecule has 1 fully saturated rings. The first kappa shape index (κ1) is 14.0. The number of carbonyl (C=O) groups excluding carboxylic acids is 1. The molecule has 0 spiro atoms. The molecule has 0 saturated carbocycles. The molecule has 2 atom stereocenters. The minimum atomic E-state index is -0.250. The summed E-state index contributed by atoms with van der Waals surface area (Å²) < 4.78 is 13.0. The highest BCUT2D eigenvalue weighted by molar-refractivity contribution is 5.81. The third kappa shape index (κ3) is 2.95. The van der Waals surface area contributed by atoms with Crippen molar-refractivity contribution >= 4 is 5.91 Å². The summed E-state index contributed by atoms with van der Waals surface area (Å²) in [7, 11) is 0. The van der Waals surface area contributed by atoms with Crippen LogP contribution in [-0.4, -0.2) is 23.4 Å². The average molecular weight is 264 g/mol. The van der Waals surface area contributed by atoms with Crippen molar-refractivity contribution < 1.29 is 9.18 Å². The number of halogens is 1. The highest BCUT2D eigenvalue weighted by Gasteiger charge is 2.35. The maximum Gasteiger partial charge on any atom is 0.238 e. The molecule has 104 valence electrons. The van der Waals surface area contributed by atoms with Gasteiger partial charge in [-0.15, -0.1) is 0 Å². The number of benzene rings is 1. The summed E-state index contributed by atoms with van der Waals surface area (Å²) in [4.78, 5) is 14.0. The van der Waals surface area contributed by atoms with E-state index in [2.05, 4.69) is 19.2 Å². The molecule has 0 bridgehead atoms. The fourth-order valence-corrected chi connectivity index (χ4v) is 2.73. The van der Waals surface area contributed by atoms with E-state index >= 15 is 0 Å². The van der Waals surface area contributed by atoms with E-state index in [-0.39, 0.29) is 23.9 Å². The van der Waals surface area contributed by atoms with Crippen LogP contribution in [0.2, 0.25) is 0 Å². The van der Waals surface area contributed by atoms with Crippen molar-refractivity contribution in [2.24, 2.45) is 0 Å². The number of hydrogen-bond donors (Lipinski definition) is 1. The van der Waals surface area contributed by atoms with Gasteiger partial charge in [0.1, 0.15) is 12.0 Å². The van der Waals surface area contributed by atoms with Crippen molar-refractivity contribution in [2.75, 3.05) is 6.54 Å². The molecule has 1 amide bonds. The Morgan fingerprint density at radius 1 is 1.37 bits per heavy atom. The van der Waals surface area contributed by atoms with Crippen LogP contribution in [0.5, 0.6) is 0 Å². The SMILES string of the molecule is CCCC(CC)N1C(=O)CNC1c1ccc(F)cc1. The molecule has 0 aromatic heterocycles. The van der Waals surface area contributed by atoms with Crippen LogP contribution in [0, 0.1) is 5.82 Å². The minimum Gasteiger partial charge on any atom is -0.319 e. The first-order valence-electron chi connectivity index (χ1n) is 6.97. The summed E-state index contributed by atoms with van der Waals surface area (Å²) in [6, 6.07) is 6.63. The molecule has 1 heterocycles. The zero-order valence-electron chi connectivity index (χ0n) is 11.5. The molecule has 1 aromatic carbocycles. The second kappa shape index (κ2) is 6.15. The van der Waals surface area contributed by atoms with Gasteiger partial charge >= 0.3 is 0 Å². The fourth-order valence-electron chi connectivity index (χ4n) is 2.73. The summed E-state index contributed by atoms with van der Waals surface area (Å²) in [5, 5.41) is 3.22. The van der Waals surface area contributed by atoms with Gasteiger partial charge in [-0.25, -0.2) is 4.39 Å². The van der Waals surface area contributed by atoms with Crippen molar-refractivity contribution in [2.45, 2.75) is 45.3 Å². The Morgan fingerprint density at radius 3 is 2.63 bits per heavy atom. The lowest BCUT2D eigenvalue weighted by molar-refractivity contribution is -0.130. The highest BCUT2D eigenvalue weighted by Crippen LogP contribution is 2.27. The van der Waals surface area contributed by atoms with Crippen molar-refractivity contribution in [3.05, 3.63) is 35.6 Å². The van der Waals surface area contributed by atoms with Gasteiger partial charge in [0.05, 0.1) is 6.54 Å². The van der Waals surface area contributed by atoms with Crippen molar-refractivity contribution in [1.29, 1.82) is 0 Å². The van der Waals surface area contributed by atoms with Gasteiger partial charge in [-0.1, -0.05) is 32.4 Å². The smallest absolute Gasteiger partial charge is 0.238 e. The predicted octanol–water partition coefficient (Wildman–Crippen LogP) is 2.83. The third-order valence-electron chi connectivity index (χ3n) is 3.69. The Labute approximate surface area is 113 Å². The van der Waals surface area contributed by atoms with Crippen molar-refractivity contribution in [3.8, 4) is 0 Å². The second-order valence-electron chi connectivity index (χ2n) is 4.99. The molecule has 1 aromatic rings. The Balaban J connectivity index is 2.23. The van der Waals surface area contributed by atoms with Crippen LogP contribution in [0.1, 0.15) is 44.8 Å². The minimum absolute atomic E-state index is 0.121. The average Bonchev–Trinajstić information content (AvgIpc) is 2.79. The molecule has 1 aliphatic rings. The lowest BCUT2D eigenvalue weighted by atomic mass is 10.0. The van der Waals surface area contributed by atoms with Crippen LogP contribution in [-0.2, 0) is 4.79 Å². The molecule has 1 N–H and O–H groups in total. The molecule has 0 aliphatic carbocycles. The van der Waals surface area contributed by atoms with Gasteiger partial charge in [-0.3, -0.25) is 10.1 Å². The highest BCUT2D eigenvalue weighted by atomic mass is 19.1. The normalized spacial score (nSPS) is 20.9. The molecule has 19 heavy (non-hydrogen) atoms. The molecular weight excluding hydrogens is 243 g/mol. The first-order valence-corrected chi connectivity index (χ1v) is 6.97. The predicted molar refractivity (Wildman–Crippen MR) is 73.0 cm³/mol. The van der Waals surface area contributed by atoms with Crippen LogP contribution >= 0.6 is 0 Å². The monoisotopic (exact) mass is 264 g/mol. The Morgan fingerprint density at radius 2 is 2.05 bits per heavy atom. The molecule has 2 rings (SSSR count). The van der Waals surface area contributed by atoms with Crippen LogP contribution in [0.15, 0.2) is 24.3 Å². The van der Waals surface area contributed by atoms with E-state index in [9.17, 15) is 9.18 Å². The number of amides is 1. The summed E-state index contributed by atoms with van der Waals surface area (Å²) in [5.41, 5.74) is 0.946. The molecule has 0 radical (unpaired) electrons.